The zero-order valence-electron chi connectivity index (χ0n) is 11.6. The lowest BCUT2D eigenvalue weighted by atomic mass is 10.1. The topological polar surface area (TPSA) is 50.4 Å². The summed E-state index contributed by atoms with van der Waals surface area (Å²) in [4.78, 5) is 11.7. The van der Waals surface area contributed by atoms with Gasteiger partial charge in [-0.05, 0) is 24.1 Å². The summed E-state index contributed by atoms with van der Waals surface area (Å²) in [5.74, 6) is -2.55. The lowest BCUT2D eigenvalue weighted by Gasteiger charge is -2.12. The van der Waals surface area contributed by atoms with Crippen LogP contribution in [0.25, 0.3) is 0 Å². The third kappa shape index (κ3) is 4.28. The Bertz CT molecular complexity index is 526. The van der Waals surface area contributed by atoms with E-state index >= 15 is 0 Å². The van der Waals surface area contributed by atoms with Gasteiger partial charge in [-0.15, -0.1) is 0 Å². The third-order valence-electron chi connectivity index (χ3n) is 3.38. The molecule has 1 aliphatic rings. The van der Waals surface area contributed by atoms with Gasteiger partial charge in [0.1, 0.15) is 5.75 Å². The first-order valence-corrected chi connectivity index (χ1v) is 7.00. The van der Waals surface area contributed by atoms with Crippen LogP contribution >= 0.6 is 11.6 Å². The smallest absolute Gasteiger partial charge is 0.262 e. The van der Waals surface area contributed by atoms with Crippen LogP contribution in [-0.4, -0.2) is 38.1 Å². The molecule has 1 saturated heterocycles. The minimum absolute atomic E-state index is 0.342. The summed E-state index contributed by atoms with van der Waals surface area (Å²) < 4.78 is 31.0. The van der Waals surface area contributed by atoms with E-state index in [4.69, 9.17) is 16.3 Å². The van der Waals surface area contributed by atoms with Crippen molar-refractivity contribution in [2.45, 2.75) is 24.8 Å². The molecule has 0 aliphatic carbocycles. The highest BCUT2D eigenvalue weighted by Gasteiger charge is 2.42. The van der Waals surface area contributed by atoms with Crippen molar-refractivity contribution in [3.8, 4) is 5.75 Å². The van der Waals surface area contributed by atoms with Gasteiger partial charge in [0.25, 0.3) is 5.92 Å². The largest absolute Gasteiger partial charge is 0.497 e. The molecule has 0 saturated carbocycles. The minimum atomic E-state index is -2.80. The molecule has 0 radical (unpaired) electrons. The maximum absolute atomic E-state index is 13.0. The van der Waals surface area contributed by atoms with Gasteiger partial charge in [-0.25, -0.2) is 8.78 Å². The van der Waals surface area contributed by atoms with Gasteiger partial charge in [-0.3, -0.25) is 10.1 Å². The molecule has 1 aliphatic heterocycles. The number of amides is 1. The molecule has 1 aromatic rings. The molecule has 2 rings (SSSR count). The average molecular weight is 319 g/mol. The van der Waals surface area contributed by atoms with E-state index in [1.807, 2.05) is 6.07 Å². The van der Waals surface area contributed by atoms with Crippen molar-refractivity contribution in [2.24, 2.45) is 0 Å². The molecule has 1 amide bonds. The van der Waals surface area contributed by atoms with Gasteiger partial charge in [0.2, 0.25) is 5.91 Å². The highest BCUT2D eigenvalue weighted by molar-refractivity contribution is 6.31. The van der Waals surface area contributed by atoms with Crippen LogP contribution < -0.4 is 15.4 Å². The number of halogens is 3. The van der Waals surface area contributed by atoms with Gasteiger partial charge < -0.3 is 10.1 Å². The predicted molar refractivity (Wildman–Crippen MR) is 76.1 cm³/mol. The number of benzene rings is 1. The van der Waals surface area contributed by atoms with E-state index in [1.54, 1.807) is 19.2 Å². The Morgan fingerprint density at radius 1 is 1.57 bits per heavy atom. The summed E-state index contributed by atoms with van der Waals surface area (Å²) in [5, 5.41) is 5.71. The molecule has 1 heterocycles. The molecule has 4 nitrogen and oxygen atoms in total. The Morgan fingerprint density at radius 3 is 2.90 bits per heavy atom. The molecular formula is C14H17ClF2N2O2. The molecule has 2 N–H and O–H groups in total. The summed E-state index contributed by atoms with van der Waals surface area (Å²) in [7, 11) is 1.55. The Hall–Kier alpha value is -1.40. The monoisotopic (exact) mass is 318 g/mol. The first kappa shape index (κ1) is 16.0. The lowest BCUT2D eigenvalue weighted by molar-refractivity contribution is -0.123. The molecule has 116 valence electrons. The maximum Gasteiger partial charge on any atom is 0.262 e. The number of nitrogens with one attached hydrogen (secondary N) is 2. The lowest BCUT2D eigenvalue weighted by Crippen LogP contribution is -2.41. The highest BCUT2D eigenvalue weighted by atomic mass is 35.5. The van der Waals surface area contributed by atoms with Crippen molar-refractivity contribution in [1.29, 1.82) is 0 Å². The number of carbonyl (C=O) groups excluding carboxylic acids is 1. The van der Waals surface area contributed by atoms with E-state index in [0.717, 1.165) is 5.56 Å². The van der Waals surface area contributed by atoms with E-state index in [-0.39, 0.29) is 0 Å². The summed E-state index contributed by atoms with van der Waals surface area (Å²) >= 11 is 6.08. The zero-order valence-corrected chi connectivity index (χ0v) is 12.3. The number of methoxy groups -OCH3 is 1. The number of rotatable bonds is 5. The van der Waals surface area contributed by atoms with Gasteiger partial charge in [-0.1, -0.05) is 17.7 Å². The van der Waals surface area contributed by atoms with Crippen LogP contribution in [0, 0.1) is 0 Å². The number of alkyl halides is 2. The van der Waals surface area contributed by atoms with Gasteiger partial charge in [0, 0.05) is 18.0 Å². The van der Waals surface area contributed by atoms with Crippen LogP contribution in [0.5, 0.6) is 5.75 Å². The molecule has 0 bridgehead atoms. The number of hydrogen-bond acceptors (Lipinski definition) is 3. The number of carbonyl (C=O) groups is 1. The molecule has 1 fully saturated rings. The van der Waals surface area contributed by atoms with Crippen molar-refractivity contribution in [3.63, 3.8) is 0 Å². The van der Waals surface area contributed by atoms with Crippen molar-refractivity contribution in [3.05, 3.63) is 28.8 Å². The predicted octanol–water partition coefficient (Wildman–Crippen LogP) is 2.00. The van der Waals surface area contributed by atoms with Crippen LogP contribution in [0.15, 0.2) is 18.2 Å². The number of hydrogen-bond donors (Lipinski definition) is 2. The van der Waals surface area contributed by atoms with E-state index in [1.165, 1.54) is 0 Å². The normalized spacial score (nSPS) is 20.3. The van der Waals surface area contributed by atoms with Gasteiger partial charge in [0.05, 0.1) is 19.7 Å². The van der Waals surface area contributed by atoms with Gasteiger partial charge >= 0.3 is 0 Å². The number of ether oxygens (including phenoxy) is 1. The minimum Gasteiger partial charge on any atom is -0.497 e. The molecule has 1 aromatic carbocycles. The highest BCUT2D eigenvalue weighted by Crippen LogP contribution is 2.25. The van der Waals surface area contributed by atoms with E-state index in [0.29, 0.717) is 23.7 Å². The Labute approximate surface area is 126 Å². The van der Waals surface area contributed by atoms with Crippen molar-refractivity contribution >= 4 is 17.5 Å². The van der Waals surface area contributed by atoms with Crippen LogP contribution in [0.4, 0.5) is 8.78 Å². The zero-order chi connectivity index (χ0) is 15.5. The Kier molecular flexibility index (Phi) is 5.00. The van der Waals surface area contributed by atoms with Crippen LogP contribution in [-0.2, 0) is 11.2 Å². The molecular weight excluding hydrogens is 302 g/mol. The third-order valence-corrected chi connectivity index (χ3v) is 3.73. The van der Waals surface area contributed by atoms with Gasteiger partial charge in [0.15, 0.2) is 0 Å². The SMILES string of the molecule is COc1ccc(CCNC(=O)C2CC(F)(F)CN2)c(Cl)c1. The average Bonchev–Trinajstić information content (AvgIpc) is 2.80. The summed E-state index contributed by atoms with van der Waals surface area (Å²) in [5.41, 5.74) is 0.863. The second-order valence-electron chi connectivity index (χ2n) is 4.99. The fourth-order valence-electron chi connectivity index (χ4n) is 2.20. The van der Waals surface area contributed by atoms with Crippen LogP contribution in [0.3, 0.4) is 0 Å². The quantitative estimate of drug-likeness (QED) is 0.873. The van der Waals surface area contributed by atoms with Gasteiger partial charge in [-0.2, -0.15) is 0 Å². The Morgan fingerprint density at radius 2 is 2.33 bits per heavy atom. The molecule has 21 heavy (non-hydrogen) atoms. The molecule has 1 unspecified atom stereocenters. The van der Waals surface area contributed by atoms with Crippen LogP contribution in [0.1, 0.15) is 12.0 Å². The van der Waals surface area contributed by atoms with Crippen molar-refractivity contribution in [2.75, 3.05) is 20.2 Å². The summed E-state index contributed by atoms with van der Waals surface area (Å²) in [6.45, 7) is -0.107. The van der Waals surface area contributed by atoms with E-state index < -0.39 is 30.8 Å². The standard InChI is InChI=1S/C14H17ClF2N2O2/c1-21-10-3-2-9(11(15)6-10)4-5-18-13(20)12-7-14(16,17)8-19-12/h2-3,6,12,19H,4-5,7-8H2,1H3,(H,18,20). The maximum atomic E-state index is 13.0. The fraction of sp³-hybridized carbons (Fsp3) is 0.500. The Balaban J connectivity index is 1.80. The first-order chi connectivity index (χ1) is 9.91. The van der Waals surface area contributed by atoms with Crippen molar-refractivity contribution < 1.29 is 18.3 Å². The van der Waals surface area contributed by atoms with Crippen LogP contribution in [0.2, 0.25) is 5.02 Å². The molecule has 7 heteroatoms. The first-order valence-electron chi connectivity index (χ1n) is 6.62. The van der Waals surface area contributed by atoms with E-state index in [2.05, 4.69) is 10.6 Å². The second kappa shape index (κ2) is 6.58. The molecule has 0 spiro atoms. The second-order valence-corrected chi connectivity index (χ2v) is 5.40. The van der Waals surface area contributed by atoms with Crippen molar-refractivity contribution in [1.82, 2.24) is 10.6 Å². The molecule has 1 atom stereocenters. The fourth-order valence-corrected chi connectivity index (χ4v) is 2.47. The van der Waals surface area contributed by atoms with E-state index in [9.17, 15) is 13.6 Å². The molecule has 0 aromatic heterocycles. The summed E-state index contributed by atoms with van der Waals surface area (Å²) in [6.07, 6.45) is 0.0693. The summed E-state index contributed by atoms with van der Waals surface area (Å²) in [6, 6.07) is 4.46.